The van der Waals surface area contributed by atoms with Crippen molar-refractivity contribution in [3.05, 3.63) is 0 Å². The van der Waals surface area contributed by atoms with Crippen LogP contribution >= 0.6 is 0 Å². The Morgan fingerprint density at radius 2 is 0.978 bits per heavy atom. The van der Waals surface area contributed by atoms with Crippen molar-refractivity contribution in [1.82, 2.24) is 0 Å². The summed E-state index contributed by atoms with van der Waals surface area (Å²) in [7, 11) is 0. The number of halogens is 11. The van der Waals surface area contributed by atoms with Gasteiger partial charge in [-0.05, 0) is 19.3 Å². The Morgan fingerprint density at radius 1 is 0.511 bits per heavy atom. The maximum Gasteiger partial charge on any atom is 0.384 e. The van der Waals surface area contributed by atoms with Crippen LogP contribution in [0.5, 0.6) is 0 Å². The average Bonchev–Trinajstić information content (AvgIpc) is 2.96. The van der Waals surface area contributed by atoms with Crippen molar-refractivity contribution in [3.8, 4) is 0 Å². The molecule has 0 radical (unpaired) electrons. The summed E-state index contributed by atoms with van der Waals surface area (Å²) in [5, 5.41) is 69.6. The molecule has 22 heteroatoms. The average molecular weight is 692 g/mol. The van der Waals surface area contributed by atoms with Gasteiger partial charge in [-0.3, -0.25) is 0 Å². The van der Waals surface area contributed by atoms with Crippen LogP contribution in [0, 0.1) is 0 Å². The first-order valence-corrected chi connectivity index (χ1v) is 13.3. The Bertz CT molecular complexity index is 976. The Labute approximate surface area is 246 Å². The lowest BCUT2D eigenvalue weighted by atomic mass is 9.70. The zero-order chi connectivity index (χ0) is 34.6. The van der Waals surface area contributed by atoms with Crippen LogP contribution < -0.4 is 0 Å². The third kappa shape index (κ3) is 5.80. The van der Waals surface area contributed by atoms with E-state index in [9.17, 15) is 84.0 Å². The summed E-state index contributed by atoms with van der Waals surface area (Å²) in [4.78, 5) is 0. The summed E-state index contributed by atoms with van der Waals surface area (Å²) >= 11 is 0. The molecule has 3 aliphatic rings. The van der Waals surface area contributed by atoms with Crippen molar-refractivity contribution >= 4 is 0 Å². The highest BCUT2D eigenvalue weighted by atomic mass is 19.4. The number of unbranched alkanes of at least 4 members (excludes halogenated alkanes) is 2. The summed E-state index contributed by atoms with van der Waals surface area (Å²) < 4.78 is 173. The van der Waals surface area contributed by atoms with Crippen LogP contribution in [-0.2, 0) is 18.9 Å². The number of aliphatic hydroxyl groups excluding tert-OH is 7. The van der Waals surface area contributed by atoms with Gasteiger partial charge in [-0.25, -0.2) is 4.39 Å². The number of aliphatic hydroxyl groups is 7. The van der Waals surface area contributed by atoms with E-state index in [-0.39, 0.29) is 0 Å². The van der Waals surface area contributed by atoms with Crippen molar-refractivity contribution in [3.63, 3.8) is 0 Å². The number of rotatable bonds is 11. The topological polar surface area (TPSA) is 179 Å². The first-order valence-electron chi connectivity index (χ1n) is 13.3. The van der Waals surface area contributed by atoms with E-state index in [1.54, 1.807) is 0 Å². The van der Waals surface area contributed by atoms with Crippen LogP contribution in [0.2, 0.25) is 0 Å². The first-order chi connectivity index (χ1) is 20.5. The molecule has 266 valence electrons. The van der Waals surface area contributed by atoms with Gasteiger partial charge < -0.3 is 54.7 Å². The summed E-state index contributed by atoms with van der Waals surface area (Å²) in [5.74, 6) is -35.5. The summed E-state index contributed by atoms with van der Waals surface area (Å²) in [6.45, 7) is -2.44. The van der Waals surface area contributed by atoms with Crippen LogP contribution in [0.25, 0.3) is 0 Å². The smallest absolute Gasteiger partial charge is 0.384 e. The minimum absolute atomic E-state index is 0.465. The van der Waals surface area contributed by atoms with E-state index in [1.807, 2.05) is 0 Å². The predicted molar refractivity (Wildman–Crippen MR) is 119 cm³/mol. The lowest BCUT2D eigenvalue weighted by molar-refractivity contribution is -0.485. The molecule has 0 aromatic carbocycles. The van der Waals surface area contributed by atoms with Gasteiger partial charge in [0, 0.05) is 6.61 Å². The van der Waals surface area contributed by atoms with Gasteiger partial charge in [0.05, 0.1) is 13.2 Å². The standard InChI is InChI=1S/C23H31F11O11/c24-18(19(25,26)21(29,30)23(33,34)22(31,32)20(18,27)28)4-2-1-3-5-42-16-14(41)12(39)15(9(7-36)44-16)45-17-13(40)11(38)10(37)8(6-35)43-17/h8-17,35-41H,1-7H2/t8-,9-,10-,11+,12-,13-,14-,15-,16-,17-/m1/s1. The van der Waals surface area contributed by atoms with Gasteiger partial charge in [-0.1, -0.05) is 6.42 Å². The lowest BCUT2D eigenvalue weighted by Crippen LogP contribution is -2.83. The molecule has 0 amide bonds. The number of ether oxygens (including phenoxy) is 4. The molecule has 2 aliphatic heterocycles. The Kier molecular flexibility index (Phi) is 11.1. The minimum atomic E-state index is -7.30. The molecule has 45 heavy (non-hydrogen) atoms. The van der Waals surface area contributed by atoms with Crippen molar-refractivity contribution < 1.29 is 103 Å². The Morgan fingerprint density at radius 3 is 1.49 bits per heavy atom. The third-order valence-electron chi connectivity index (χ3n) is 7.98. The molecule has 3 fully saturated rings. The molecule has 10 atom stereocenters. The maximum atomic E-state index is 14.7. The van der Waals surface area contributed by atoms with E-state index in [2.05, 4.69) is 0 Å². The van der Waals surface area contributed by atoms with Crippen molar-refractivity contribution in [2.75, 3.05) is 19.8 Å². The van der Waals surface area contributed by atoms with E-state index >= 15 is 0 Å². The Hall–Kier alpha value is -1.21. The molecule has 0 aromatic rings. The molecule has 2 heterocycles. The molecule has 3 rings (SSSR count). The fraction of sp³-hybridized carbons (Fsp3) is 1.00. The molecule has 0 unspecified atom stereocenters. The van der Waals surface area contributed by atoms with E-state index in [0.29, 0.717) is 0 Å². The molecule has 11 nitrogen and oxygen atoms in total. The van der Waals surface area contributed by atoms with Crippen LogP contribution in [0.15, 0.2) is 0 Å². The predicted octanol–water partition coefficient (Wildman–Crippen LogP) is 0.0859. The highest BCUT2D eigenvalue weighted by molar-refractivity contribution is 5.26. The van der Waals surface area contributed by atoms with E-state index < -0.39 is 142 Å². The van der Waals surface area contributed by atoms with E-state index in [4.69, 9.17) is 18.9 Å². The molecule has 0 aromatic heterocycles. The molecule has 0 spiro atoms. The normalized spacial score (nSPS) is 41.5. The highest BCUT2D eigenvalue weighted by Gasteiger charge is 3.00. The second-order valence-corrected chi connectivity index (χ2v) is 10.9. The summed E-state index contributed by atoms with van der Waals surface area (Å²) in [6, 6.07) is 0. The van der Waals surface area contributed by atoms with Gasteiger partial charge in [-0.2, -0.15) is 43.9 Å². The highest BCUT2D eigenvalue weighted by Crippen LogP contribution is 2.70. The van der Waals surface area contributed by atoms with Crippen molar-refractivity contribution in [2.24, 2.45) is 0 Å². The van der Waals surface area contributed by atoms with Gasteiger partial charge in [-0.15, -0.1) is 0 Å². The lowest BCUT2D eigenvalue weighted by Gasteiger charge is -2.52. The molecule has 2 saturated heterocycles. The second-order valence-electron chi connectivity index (χ2n) is 10.9. The fourth-order valence-electron chi connectivity index (χ4n) is 5.14. The van der Waals surface area contributed by atoms with Crippen LogP contribution in [-0.4, -0.2) is 152 Å². The van der Waals surface area contributed by atoms with E-state index in [1.165, 1.54) is 0 Å². The molecule has 1 saturated carbocycles. The maximum absolute atomic E-state index is 14.7. The zero-order valence-corrected chi connectivity index (χ0v) is 22.6. The molecular weight excluding hydrogens is 661 g/mol. The van der Waals surface area contributed by atoms with Crippen LogP contribution in [0.3, 0.4) is 0 Å². The number of hydrogen-bond acceptors (Lipinski definition) is 11. The van der Waals surface area contributed by atoms with E-state index in [0.717, 1.165) is 0 Å². The van der Waals surface area contributed by atoms with Gasteiger partial charge in [0.2, 0.25) is 5.67 Å². The van der Waals surface area contributed by atoms with Gasteiger partial charge in [0.1, 0.15) is 48.8 Å². The molecule has 0 bridgehead atoms. The van der Waals surface area contributed by atoms with Gasteiger partial charge >= 0.3 is 29.6 Å². The van der Waals surface area contributed by atoms with Crippen LogP contribution in [0.4, 0.5) is 48.3 Å². The van der Waals surface area contributed by atoms with Crippen molar-refractivity contribution in [1.29, 1.82) is 0 Å². The first kappa shape index (κ1) is 38.2. The largest absolute Gasteiger partial charge is 0.394 e. The minimum Gasteiger partial charge on any atom is -0.394 e. The second kappa shape index (κ2) is 13.0. The van der Waals surface area contributed by atoms with Gasteiger partial charge in [0.25, 0.3) is 0 Å². The quantitative estimate of drug-likeness (QED) is 0.115. The molecular formula is C23H31F11O11. The Balaban J connectivity index is 1.57. The SMILES string of the molecule is OC[C@H]1O[C@H](O[C@H]2[C@H](O)[C@@H](O)[C@H](OCCCCCC3(F)C(F)(F)C(F)(F)C(F)(F)C(F)(F)C3(F)F)O[C@@H]2CO)[C@H](O)[C@@H](O)[C@@H]1O. The number of hydrogen-bond donors (Lipinski definition) is 7. The summed E-state index contributed by atoms with van der Waals surface area (Å²) in [6.07, 6.45) is -22.8. The molecule has 1 aliphatic carbocycles. The van der Waals surface area contributed by atoms with Gasteiger partial charge in [0.15, 0.2) is 12.6 Å². The molecule has 7 N–H and O–H groups in total. The van der Waals surface area contributed by atoms with Crippen LogP contribution in [0.1, 0.15) is 25.7 Å². The monoisotopic (exact) mass is 692 g/mol. The third-order valence-corrected chi connectivity index (χ3v) is 7.98. The summed E-state index contributed by atoms with van der Waals surface area (Å²) in [5.41, 5.74) is -6.09. The fourth-order valence-corrected chi connectivity index (χ4v) is 5.14. The number of alkyl halides is 11. The van der Waals surface area contributed by atoms with Crippen molar-refractivity contribution in [2.45, 2.75) is 122 Å². The zero-order valence-electron chi connectivity index (χ0n) is 22.6.